The molecule has 5 heteroatoms. The fourth-order valence-electron chi connectivity index (χ4n) is 0.0676. The van der Waals surface area contributed by atoms with Gasteiger partial charge in [0.15, 0.2) is 5.66 Å². The van der Waals surface area contributed by atoms with Crippen molar-refractivity contribution < 1.29 is 9.90 Å². The molecule has 0 rings (SSSR count). The van der Waals surface area contributed by atoms with E-state index >= 15 is 0 Å². The molecule has 0 radical (unpaired) electrons. The molecule has 0 heterocycles. The standard InChI is InChI=1S/C3H8N2O2S/c4-3(5,1-8)2(6)7/h8H,1,4-5H2,(H,6,7). The van der Waals surface area contributed by atoms with Gasteiger partial charge in [-0.1, -0.05) is 0 Å². The SMILES string of the molecule is NC(N)(CS)C(=O)O. The van der Waals surface area contributed by atoms with Crippen LogP contribution in [0.5, 0.6) is 0 Å². The van der Waals surface area contributed by atoms with E-state index in [4.69, 9.17) is 16.6 Å². The predicted molar refractivity (Wildman–Crippen MR) is 32.6 cm³/mol. The van der Waals surface area contributed by atoms with Crippen molar-refractivity contribution in [1.29, 1.82) is 0 Å². The second kappa shape index (κ2) is 2.34. The van der Waals surface area contributed by atoms with E-state index in [1.54, 1.807) is 0 Å². The van der Waals surface area contributed by atoms with Crippen LogP contribution in [-0.4, -0.2) is 22.5 Å². The highest BCUT2D eigenvalue weighted by Crippen LogP contribution is 1.91. The van der Waals surface area contributed by atoms with Crippen LogP contribution in [0.4, 0.5) is 0 Å². The number of hydrogen-bond acceptors (Lipinski definition) is 4. The molecule has 0 unspecified atom stereocenters. The summed E-state index contributed by atoms with van der Waals surface area (Å²) in [6.45, 7) is 0. The smallest absolute Gasteiger partial charge is 0.339 e. The summed E-state index contributed by atoms with van der Waals surface area (Å²) in [5, 5.41) is 8.14. The Morgan fingerprint density at radius 1 is 1.75 bits per heavy atom. The second-order valence-corrected chi connectivity index (χ2v) is 1.82. The Hall–Kier alpha value is -0.260. The van der Waals surface area contributed by atoms with Crippen LogP contribution in [-0.2, 0) is 4.79 Å². The highest BCUT2D eigenvalue weighted by atomic mass is 32.1. The van der Waals surface area contributed by atoms with Crippen LogP contribution in [0.2, 0.25) is 0 Å². The van der Waals surface area contributed by atoms with Crippen LogP contribution in [0.25, 0.3) is 0 Å². The molecule has 5 N–H and O–H groups in total. The van der Waals surface area contributed by atoms with Gasteiger partial charge in [0.1, 0.15) is 0 Å². The van der Waals surface area contributed by atoms with Gasteiger partial charge >= 0.3 is 5.97 Å². The van der Waals surface area contributed by atoms with Gasteiger partial charge in [0.2, 0.25) is 0 Å². The van der Waals surface area contributed by atoms with Crippen molar-refractivity contribution in [2.75, 3.05) is 5.75 Å². The lowest BCUT2D eigenvalue weighted by molar-refractivity contribution is -0.142. The molecule has 0 aromatic rings. The fraction of sp³-hybridized carbons (Fsp3) is 0.667. The number of nitrogens with two attached hydrogens (primary N) is 2. The van der Waals surface area contributed by atoms with Crippen LogP contribution in [0, 0.1) is 0 Å². The van der Waals surface area contributed by atoms with E-state index in [9.17, 15) is 4.79 Å². The van der Waals surface area contributed by atoms with Crippen molar-refractivity contribution in [2.45, 2.75) is 5.66 Å². The first-order valence-electron chi connectivity index (χ1n) is 1.92. The number of carboxylic acid groups (broad SMARTS) is 1. The van der Waals surface area contributed by atoms with Crippen molar-refractivity contribution in [1.82, 2.24) is 0 Å². The van der Waals surface area contributed by atoms with E-state index < -0.39 is 11.6 Å². The molecule has 0 aromatic heterocycles. The zero-order chi connectivity index (χ0) is 6.78. The summed E-state index contributed by atoms with van der Waals surface area (Å²) >= 11 is 3.61. The Morgan fingerprint density at radius 3 is 2.12 bits per heavy atom. The largest absolute Gasteiger partial charge is 0.479 e. The Morgan fingerprint density at radius 2 is 2.12 bits per heavy atom. The molecule has 4 nitrogen and oxygen atoms in total. The first-order chi connectivity index (χ1) is 3.50. The highest BCUT2D eigenvalue weighted by Gasteiger charge is 2.25. The molecular weight excluding hydrogens is 128 g/mol. The third kappa shape index (κ3) is 1.69. The molecule has 0 saturated heterocycles. The minimum absolute atomic E-state index is 0.0671. The first-order valence-corrected chi connectivity index (χ1v) is 2.56. The summed E-state index contributed by atoms with van der Waals surface area (Å²) < 4.78 is 0. The summed E-state index contributed by atoms with van der Waals surface area (Å²) in [7, 11) is 0. The zero-order valence-electron chi connectivity index (χ0n) is 4.16. The van der Waals surface area contributed by atoms with Gasteiger partial charge in [-0.15, -0.1) is 0 Å². The van der Waals surface area contributed by atoms with Crippen molar-refractivity contribution in [2.24, 2.45) is 11.5 Å². The summed E-state index contributed by atoms with van der Waals surface area (Å²) in [4.78, 5) is 9.95. The molecule has 0 amide bonds. The number of aliphatic carboxylic acids is 1. The van der Waals surface area contributed by atoms with Gasteiger partial charge in [0.25, 0.3) is 0 Å². The van der Waals surface area contributed by atoms with Crippen LogP contribution < -0.4 is 11.5 Å². The fourth-order valence-corrected chi connectivity index (χ4v) is 0.203. The molecule has 0 aromatic carbocycles. The lowest BCUT2D eigenvalue weighted by atomic mass is 10.2. The van der Waals surface area contributed by atoms with E-state index in [0.717, 1.165) is 0 Å². The average Bonchev–Trinajstić information content (AvgIpc) is 1.67. The van der Waals surface area contributed by atoms with E-state index in [-0.39, 0.29) is 5.75 Å². The topological polar surface area (TPSA) is 89.3 Å². The van der Waals surface area contributed by atoms with Gasteiger partial charge in [0.05, 0.1) is 0 Å². The van der Waals surface area contributed by atoms with Crippen molar-refractivity contribution in [3.05, 3.63) is 0 Å². The molecule has 0 aliphatic rings. The quantitative estimate of drug-likeness (QED) is 0.278. The van der Waals surface area contributed by atoms with Crippen LogP contribution in [0.3, 0.4) is 0 Å². The third-order valence-corrected chi connectivity index (χ3v) is 1.18. The van der Waals surface area contributed by atoms with Gasteiger partial charge < -0.3 is 16.6 Å². The highest BCUT2D eigenvalue weighted by molar-refractivity contribution is 7.80. The predicted octanol–water partition coefficient (Wildman–Crippen LogP) is -1.39. The van der Waals surface area contributed by atoms with Gasteiger partial charge in [-0.25, -0.2) is 4.79 Å². The molecule has 0 atom stereocenters. The molecule has 0 saturated carbocycles. The van der Waals surface area contributed by atoms with E-state index in [1.807, 2.05) is 0 Å². The minimum Gasteiger partial charge on any atom is -0.479 e. The van der Waals surface area contributed by atoms with Crippen molar-refractivity contribution in [3.63, 3.8) is 0 Å². The van der Waals surface area contributed by atoms with Crippen LogP contribution in [0.15, 0.2) is 0 Å². The van der Waals surface area contributed by atoms with Gasteiger partial charge in [0, 0.05) is 5.75 Å². The Balaban J connectivity index is 3.91. The van der Waals surface area contributed by atoms with Gasteiger partial charge in [-0.3, -0.25) is 0 Å². The number of carbonyl (C=O) groups is 1. The lowest BCUT2D eigenvalue weighted by Crippen LogP contribution is -2.58. The zero-order valence-corrected chi connectivity index (χ0v) is 5.06. The van der Waals surface area contributed by atoms with E-state index in [2.05, 4.69) is 12.6 Å². The molecule has 0 aliphatic carbocycles. The maximum absolute atomic E-state index is 9.95. The minimum atomic E-state index is -1.68. The van der Waals surface area contributed by atoms with Gasteiger partial charge in [-0.2, -0.15) is 12.6 Å². The maximum Gasteiger partial charge on any atom is 0.339 e. The molecule has 0 fully saturated rings. The van der Waals surface area contributed by atoms with Crippen LogP contribution in [0.1, 0.15) is 0 Å². The van der Waals surface area contributed by atoms with Crippen molar-refractivity contribution >= 4 is 18.6 Å². The number of rotatable bonds is 2. The summed E-state index contributed by atoms with van der Waals surface area (Å²) in [5.74, 6) is -1.31. The lowest BCUT2D eigenvalue weighted by Gasteiger charge is -2.14. The molecule has 0 aliphatic heterocycles. The maximum atomic E-state index is 9.95. The summed E-state index contributed by atoms with van der Waals surface area (Å²) in [5.41, 5.74) is 8.24. The molecule has 8 heavy (non-hydrogen) atoms. The monoisotopic (exact) mass is 136 g/mol. The number of hydrogen-bond donors (Lipinski definition) is 4. The summed E-state index contributed by atoms with van der Waals surface area (Å²) in [6, 6.07) is 0. The van der Waals surface area contributed by atoms with Crippen molar-refractivity contribution in [3.8, 4) is 0 Å². The average molecular weight is 136 g/mol. The number of carboxylic acids is 1. The van der Waals surface area contributed by atoms with E-state index in [0.29, 0.717) is 0 Å². The molecule has 48 valence electrons. The number of thiol groups is 1. The first kappa shape index (κ1) is 7.74. The van der Waals surface area contributed by atoms with E-state index in [1.165, 1.54) is 0 Å². The molecule has 0 bridgehead atoms. The Labute approximate surface area is 52.3 Å². The Kier molecular flexibility index (Phi) is 2.26. The van der Waals surface area contributed by atoms with Crippen LogP contribution >= 0.6 is 12.6 Å². The van der Waals surface area contributed by atoms with Gasteiger partial charge in [-0.05, 0) is 0 Å². The second-order valence-electron chi connectivity index (χ2n) is 1.50. The normalized spacial score (nSPS) is 11.4. The molecular formula is C3H8N2O2S. The molecule has 0 spiro atoms. The third-order valence-electron chi connectivity index (χ3n) is 0.660. The Bertz CT molecular complexity index is 103. The summed E-state index contributed by atoms with van der Waals surface area (Å²) in [6.07, 6.45) is 0.